The first-order chi connectivity index (χ1) is 7.72. The number of unbranched alkanes of at least 4 members (excludes halogenated alkanes) is 2. The largest absolute Gasteiger partial charge is 0.385 e. The van der Waals surface area contributed by atoms with Crippen molar-refractivity contribution in [3.8, 4) is 0 Å². The minimum absolute atomic E-state index is 0.162. The quantitative estimate of drug-likeness (QED) is 0.335. The number of nitrogens with zero attached hydrogens (tertiary/aromatic N) is 1. The smallest absolute Gasteiger partial charge is 0.188 e. The zero-order chi connectivity index (χ0) is 12.2. The van der Waals surface area contributed by atoms with Crippen LogP contribution in [0.25, 0.3) is 0 Å². The van der Waals surface area contributed by atoms with Gasteiger partial charge in [0.2, 0.25) is 0 Å². The van der Waals surface area contributed by atoms with E-state index in [2.05, 4.69) is 0 Å². The molecule has 3 N–H and O–H groups in total. The van der Waals surface area contributed by atoms with Gasteiger partial charge in [-0.25, -0.2) is 0 Å². The molecule has 0 heterocycles. The maximum Gasteiger partial charge on any atom is 0.188 e. The molecule has 0 radical (unpaired) electrons. The highest BCUT2D eigenvalue weighted by Gasteiger charge is 2.05. The number of nitrogens with one attached hydrogen (secondary N) is 1. The minimum Gasteiger partial charge on any atom is -0.385 e. The average Bonchev–Trinajstić information content (AvgIpc) is 2.26. The number of hydrogen-bond acceptors (Lipinski definition) is 3. The van der Waals surface area contributed by atoms with Crippen LogP contribution in [0.2, 0.25) is 0 Å². The van der Waals surface area contributed by atoms with Crippen LogP contribution in [0, 0.1) is 5.41 Å². The van der Waals surface area contributed by atoms with Crippen molar-refractivity contribution < 1.29 is 9.47 Å². The SMILES string of the molecule is COCCCCN(CCCCOC)C(=N)N. The summed E-state index contributed by atoms with van der Waals surface area (Å²) in [7, 11) is 3.40. The summed E-state index contributed by atoms with van der Waals surface area (Å²) < 4.78 is 9.95. The number of guanidine groups is 1. The van der Waals surface area contributed by atoms with E-state index in [1.807, 2.05) is 4.90 Å². The molecule has 0 saturated heterocycles. The lowest BCUT2D eigenvalue weighted by atomic mass is 10.2. The Hall–Kier alpha value is -0.810. The average molecular weight is 231 g/mol. The zero-order valence-corrected chi connectivity index (χ0v) is 10.5. The highest BCUT2D eigenvalue weighted by molar-refractivity contribution is 5.74. The van der Waals surface area contributed by atoms with E-state index in [0.29, 0.717) is 0 Å². The fraction of sp³-hybridized carbons (Fsp3) is 0.909. The van der Waals surface area contributed by atoms with Crippen LogP contribution in [0.15, 0.2) is 0 Å². The molecule has 0 aliphatic rings. The summed E-state index contributed by atoms with van der Waals surface area (Å²) in [5, 5.41) is 7.45. The molecule has 0 rings (SSSR count). The first kappa shape index (κ1) is 15.2. The highest BCUT2D eigenvalue weighted by Crippen LogP contribution is 1.99. The second kappa shape index (κ2) is 10.7. The normalized spacial score (nSPS) is 10.4. The minimum atomic E-state index is 0.162. The molecule has 0 fully saturated rings. The van der Waals surface area contributed by atoms with Crippen LogP contribution in [-0.4, -0.2) is 51.4 Å². The predicted octanol–water partition coefficient (Wildman–Crippen LogP) is 1.04. The van der Waals surface area contributed by atoms with Gasteiger partial charge in [-0.05, 0) is 25.7 Å². The second-order valence-corrected chi connectivity index (χ2v) is 3.77. The Bertz CT molecular complexity index is 165. The number of ether oxygens (including phenoxy) is 2. The third-order valence-electron chi connectivity index (χ3n) is 2.39. The first-order valence-electron chi connectivity index (χ1n) is 5.79. The molecule has 0 aromatic rings. The van der Waals surface area contributed by atoms with Crippen LogP contribution in [-0.2, 0) is 9.47 Å². The Morgan fingerprint density at radius 2 is 1.44 bits per heavy atom. The molecule has 0 aromatic heterocycles. The van der Waals surface area contributed by atoms with E-state index < -0.39 is 0 Å². The standard InChI is InChI=1S/C11H25N3O2/c1-15-9-5-3-7-14(11(12)13)8-4-6-10-16-2/h3-10H2,1-2H3,(H3,12,13). The van der Waals surface area contributed by atoms with Crippen LogP contribution in [0.3, 0.4) is 0 Å². The summed E-state index contributed by atoms with van der Waals surface area (Å²) in [5.74, 6) is 0.162. The summed E-state index contributed by atoms with van der Waals surface area (Å²) in [6, 6.07) is 0. The molecule has 0 spiro atoms. The van der Waals surface area contributed by atoms with Crippen LogP contribution in [0.1, 0.15) is 25.7 Å². The molecule has 0 unspecified atom stereocenters. The maximum absolute atomic E-state index is 7.45. The Labute approximate surface area is 98.4 Å². The highest BCUT2D eigenvalue weighted by atomic mass is 16.5. The van der Waals surface area contributed by atoms with Crippen molar-refractivity contribution in [1.29, 1.82) is 5.41 Å². The van der Waals surface area contributed by atoms with Gasteiger partial charge in [0.1, 0.15) is 0 Å². The van der Waals surface area contributed by atoms with E-state index >= 15 is 0 Å². The number of hydrogen-bond donors (Lipinski definition) is 2. The molecule has 0 bridgehead atoms. The Morgan fingerprint density at radius 1 is 1.00 bits per heavy atom. The van der Waals surface area contributed by atoms with E-state index in [-0.39, 0.29) is 5.96 Å². The first-order valence-corrected chi connectivity index (χ1v) is 5.79. The number of rotatable bonds is 10. The molecule has 0 aromatic carbocycles. The van der Waals surface area contributed by atoms with Gasteiger partial charge in [0.05, 0.1) is 0 Å². The van der Waals surface area contributed by atoms with Gasteiger partial charge in [0.25, 0.3) is 0 Å². The molecular formula is C11H25N3O2. The van der Waals surface area contributed by atoms with Gasteiger partial charge < -0.3 is 20.1 Å². The third kappa shape index (κ3) is 8.49. The fourth-order valence-corrected chi connectivity index (χ4v) is 1.45. The Kier molecular flexibility index (Phi) is 10.2. The van der Waals surface area contributed by atoms with Gasteiger partial charge in [-0.2, -0.15) is 0 Å². The zero-order valence-electron chi connectivity index (χ0n) is 10.5. The molecule has 0 amide bonds. The van der Waals surface area contributed by atoms with E-state index in [1.54, 1.807) is 14.2 Å². The van der Waals surface area contributed by atoms with Crippen molar-refractivity contribution in [2.24, 2.45) is 5.73 Å². The lowest BCUT2D eigenvalue weighted by molar-refractivity contribution is 0.185. The van der Waals surface area contributed by atoms with Crippen molar-refractivity contribution >= 4 is 5.96 Å². The molecule has 0 saturated carbocycles. The van der Waals surface area contributed by atoms with Crippen LogP contribution in [0.5, 0.6) is 0 Å². The van der Waals surface area contributed by atoms with Crippen LogP contribution < -0.4 is 5.73 Å². The van der Waals surface area contributed by atoms with Gasteiger partial charge in [0, 0.05) is 40.5 Å². The summed E-state index contributed by atoms with van der Waals surface area (Å²) >= 11 is 0. The van der Waals surface area contributed by atoms with Crippen LogP contribution >= 0.6 is 0 Å². The second-order valence-electron chi connectivity index (χ2n) is 3.77. The number of nitrogens with two attached hydrogens (primary N) is 1. The molecule has 0 aliphatic heterocycles. The summed E-state index contributed by atoms with van der Waals surface area (Å²) in [6.45, 7) is 3.22. The molecular weight excluding hydrogens is 206 g/mol. The predicted molar refractivity (Wildman–Crippen MR) is 65.7 cm³/mol. The summed E-state index contributed by atoms with van der Waals surface area (Å²) in [6.07, 6.45) is 4.05. The van der Waals surface area contributed by atoms with E-state index in [0.717, 1.165) is 52.0 Å². The summed E-state index contributed by atoms with van der Waals surface area (Å²) in [5.41, 5.74) is 5.51. The van der Waals surface area contributed by atoms with Gasteiger partial charge in [-0.1, -0.05) is 0 Å². The topological polar surface area (TPSA) is 71.6 Å². The molecule has 0 atom stereocenters. The monoisotopic (exact) mass is 231 g/mol. The molecule has 16 heavy (non-hydrogen) atoms. The fourth-order valence-electron chi connectivity index (χ4n) is 1.45. The third-order valence-corrected chi connectivity index (χ3v) is 2.39. The van der Waals surface area contributed by atoms with Crippen molar-refractivity contribution in [2.75, 3.05) is 40.5 Å². The van der Waals surface area contributed by atoms with Gasteiger partial charge in [-0.15, -0.1) is 0 Å². The van der Waals surface area contributed by atoms with Crippen molar-refractivity contribution in [1.82, 2.24) is 4.90 Å². The maximum atomic E-state index is 7.45. The number of methoxy groups -OCH3 is 2. The van der Waals surface area contributed by atoms with Gasteiger partial charge in [-0.3, -0.25) is 5.41 Å². The van der Waals surface area contributed by atoms with Crippen molar-refractivity contribution in [2.45, 2.75) is 25.7 Å². The Balaban J connectivity index is 3.59. The van der Waals surface area contributed by atoms with Crippen molar-refractivity contribution in [3.63, 3.8) is 0 Å². The molecule has 0 aliphatic carbocycles. The lowest BCUT2D eigenvalue weighted by Gasteiger charge is -2.22. The lowest BCUT2D eigenvalue weighted by Crippen LogP contribution is -2.38. The van der Waals surface area contributed by atoms with E-state index in [4.69, 9.17) is 20.6 Å². The molecule has 96 valence electrons. The molecule has 5 nitrogen and oxygen atoms in total. The summed E-state index contributed by atoms with van der Waals surface area (Å²) in [4.78, 5) is 1.91. The van der Waals surface area contributed by atoms with E-state index in [1.165, 1.54) is 0 Å². The van der Waals surface area contributed by atoms with E-state index in [9.17, 15) is 0 Å². The van der Waals surface area contributed by atoms with Gasteiger partial charge in [0.15, 0.2) is 5.96 Å². The molecule has 5 heteroatoms. The Morgan fingerprint density at radius 3 is 1.75 bits per heavy atom. The van der Waals surface area contributed by atoms with Crippen LogP contribution in [0.4, 0.5) is 0 Å². The van der Waals surface area contributed by atoms with Gasteiger partial charge >= 0.3 is 0 Å². The van der Waals surface area contributed by atoms with Crippen molar-refractivity contribution in [3.05, 3.63) is 0 Å².